The third kappa shape index (κ3) is 6.75. The van der Waals surface area contributed by atoms with Gasteiger partial charge >= 0.3 is 0 Å². The average Bonchev–Trinajstić information content (AvgIpc) is 2.94. The number of hydrogen-bond donors (Lipinski definition) is 0. The Bertz CT molecular complexity index is 1230. The molecule has 0 aliphatic heterocycles. The number of ether oxygens (including phenoxy) is 5. The first kappa shape index (κ1) is 28.3. The minimum atomic E-state index is -3.78. The Hall–Kier alpha value is -3.25. The molecule has 0 bridgehead atoms. The highest BCUT2D eigenvalue weighted by Gasteiger charge is 2.35. The van der Waals surface area contributed by atoms with Crippen LogP contribution in [0.1, 0.15) is 12.0 Å². The van der Waals surface area contributed by atoms with Crippen molar-refractivity contribution >= 4 is 9.84 Å². The van der Waals surface area contributed by atoms with Crippen LogP contribution in [-0.2, 0) is 25.7 Å². The van der Waals surface area contributed by atoms with Gasteiger partial charge in [0, 0.05) is 39.6 Å². The second-order valence-corrected chi connectivity index (χ2v) is 9.96. The molecule has 0 amide bonds. The molecule has 0 N–H and O–H groups in total. The summed E-state index contributed by atoms with van der Waals surface area (Å²) in [4.78, 5) is 9.75. The Labute approximate surface area is 218 Å². The molecular weight excluding hydrogens is 498 g/mol. The summed E-state index contributed by atoms with van der Waals surface area (Å²) >= 11 is 0. The van der Waals surface area contributed by atoms with E-state index in [1.807, 2.05) is 30.1 Å². The zero-order valence-electron chi connectivity index (χ0n) is 21.7. The molecule has 0 saturated carbocycles. The molecule has 2 aromatic carbocycles. The molecule has 37 heavy (non-hydrogen) atoms. The molecule has 0 aliphatic carbocycles. The van der Waals surface area contributed by atoms with Crippen LogP contribution in [0.4, 0.5) is 0 Å². The predicted molar refractivity (Wildman–Crippen MR) is 137 cm³/mol. The van der Waals surface area contributed by atoms with Crippen LogP contribution in [0.2, 0.25) is 0 Å². The first-order valence-corrected chi connectivity index (χ1v) is 13.1. The van der Waals surface area contributed by atoms with E-state index in [-0.39, 0.29) is 10.1 Å². The Morgan fingerprint density at radius 3 is 2.14 bits per heavy atom. The largest absolute Gasteiger partial charge is 0.494 e. The van der Waals surface area contributed by atoms with Gasteiger partial charge in [0.2, 0.25) is 15.7 Å². The molecule has 0 atom stereocenters. The molecule has 0 aliphatic rings. The maximum absolute atomic E-state index is 12.6. The van der Waals surface area contributed by atoms with Gasteiger partial charge in [0.05, 0.1) is 25.7 Å². The highest BCUT2D eigenvalue weighted by atomic mass is 32.2. The minimum absolute atomic E-state index is 0.103. The van der Waals surface area contributed by atoms with E-state index >= 15 is 0 Å². The summed E-state index contributed by atoms with van der Waals surface area (Å²) in [7, 11) is 4.54. The predicted octanol–water partition coefficient (Wildman–Crippen LogP) is 3.22. The lowest BCUT2D eigenvalue weighted by atomic mass is 10.1. The second kappa shape index (κ2) is 12.8. The number of rotatable bonds is 14. The monoisotopic (exact) mass is 531 g/mol. The number of hydrogen-bond acceptors (Lipinski definition) is 10. The van der Waals surface area contributed by atoms with Crippen LogP contribution in [-0.4, -0.2) is 77.8 Å². The molecule has 200 valence electrons. The number of benzene rings is 2. The molecule has 3 rings (SSSR count). The summed E-state index contributed by atoms with van der Waals surface area (Å²) in [5.74, 6) is 0.851. The van der Waals surface area contributed by atoms with E-state index in [0.717, 1.165) is 5.56 Å². The first-order valence-electron chi connectivity index (χ1n) is 11.6. The van der Waals surface area contributed by atoms with E-state index in [4.69, 9.17) is 23.7 Å². The van der Waals surface area contributed by atoms with Gasteiger partial charge in [-0.1, -0.05) is 6.07 Å². The molecule has 0 radical (unpaired) electrons. The Balaban J connectivity index is 1.57. The summed E-state index contributed by atoms with van der Waals surface area (Å²) in [6, 6.07) is 13.5. The lowest BCUT2D eigenvalue weighted by molar-refractivity contribution is -0.288. The van der Waals surface area contributed by atoms with Gasteiger partial charge in [-0.25, -0.2) is 18.4 Å². The third-order valence-electron chi connectivity index (χ3n) is 5.92. The van der Waals surface area contributed by atoms with Crippen LogP contribution in [0.15, 0.2) is 71.0 Å². The standard InChI is InChI=1S/C26H33N3O7S/c1-29(26(34-4,35-5)19-20-8-13-23(32-2)24(18-20)33-3)16-7-17-36-21-9-11-22(12-10-21)37(30,31)25-27-14-6-15-28-25/h6,8-15,18H,7,16-17,19H2,1-5H3. The minimum Gasteiger partial charge on any atom is -0.494 e. The third-order valence-corrected chi connectivity index (χ3v) is 7.50. The normalized spacial score (nSPS) is 11.9. The van der Waals surface area contributed by atoms with E-state index in [2.05, 4.69) is 9.97 Å². The molecule has 11 heteroatoms. The van der Waals surface area contributed by atoms with Crippen molar-refractivity contribution in [3.05, 3.63) is 66.5 Å². The van der Waals surface area contributed by atoms with Crippen molar-refractivity contribution in [3.8, 4) is 17.2 Å². The summed E-state index contributed by atoms with van der Waals surface area (Å²) in [5, 5.41) is -0.237. The fourth-order valence-electron chi connectivity index (χ4n) is 3.83. The Morgan fingerprint density at radius 2 is 1.54 bits per heavy atom. The highest BCUT2D eigenvalue weighted by molar-refractivity contribution is 7.91. The Kier molecular flexibility index (Phi) is 9.81. The van der Waals surface area contributed by atoms with Crippen LogP contribution in [0.5, 0.6) is 17.2 Å². The van der Waals surface area contributed by atoms with E-state index in [1.165, 1.54) is 24.5 Å². The van der Waals surface area contributed by atoms with Crippen molar-refractivity contribution in [2.75, 3.05) is 48.6 Å². The van der Waals surface area contributed by atoms with Crippen LogP contribution in [0.3, 0.4) is 0 Å². The Morgan fingerprint density at radius 1 is 0.892 bits per heavy atom. The van der Waals surface area contributed by atoms with Crippen molar-refractivity contribution in [1.82, 2.24) is 14.9 Å². The SMILES string of the molecule is COc1ccc(CC(OC)(OC)N(C)CCCOc2ccc(S(=O)(=O)c3ncccn3)cc2)cc1OC. The average molecular weight is 532 g/mol. The van der Waals surface area contributed by atoms with E-state index < -0.39 is 15.7 Å². The van der Waals surface area contributed by atoms with Crippen LogP contribution in [0, 0.1) is 0 Å². The summed E-state index contributed by atoms with van der Waals surface area (Å²) in [6.45, 7) is 1.03. The molecule has 0 spiro atoms. The number of nitrogens with zero attached hydrogens (tertiary/aromatic N) is 3. The quantitative estimate of drug-likeness (QED) is 0.175. The molecule has 3 aromatic rings. The van der Waals surface area contributed by atoms with E-state index in [1.54, 1.807) is 46.6 Å². The molecule has 1 aromatic heterocycles. The fraction of sp³-hybridized carbons (Fsp3) is 0.385. The van der Waals surface area contributed by atoms with Gasteiger partial charge in [0.1, 0.15) is 5.75 Å². The zero-order chi connectivity index (χ0) is 26.9. The fourth-order valence-corrected chi connectivity index (χ4v) is 4.93. The van der Waals surface area contributed by atoms with Gasteiger partial charge in [-0.05, 0) is 61.5 Å². The number of likely N-dealkylation sites (N-methyl/N-ethyl adjacent to an activating group) is 1. The van der Waals surface area contributed by atoms with Crippen molar-refractivity contribution < 1.29 is 32.1 Å². The van der Waals surface area contributed by atoms with Crippen molar-refractivity contribution in [3.63, 3.8) is 0 Å². The van der Waals surface area contributed by atoms with Crippen molar-refractivity contribution in [2.45, 2.75) is 28.8 Å². The topological polar surface area (TPSA) is 109 Å². The molecule has 0 fully saturated rings. The lowest BCUT2D eigenvalue weighted by Crippen LogP contribution is -2.52. The number of sulfone groups is 1. The first-order chi connectivity index (χ1) is 17.8. The molecular formula is C26H33N3O7S. The lowest BCUT2D eigenvalue weighted by Gasteiger charge is -2.39. The summed E-state index contributed by atoms with van der Waals surface area (Å²) in [6.07, 6.45) is 3.92. The van der Waals surface area contributed by atoms with E-state index in [9.17, 15) is 8.42 Å². The summed E-state index contributed by atoms with van der Waals surface area (Å²) < 4.78 is 53.4. The van der Waals surface area contributed by atoms with Crippen LogP contribution in [0.25, 0.3) is 0 Å². The molecule has 1 heterocycles. The van der Waals surface area contributed by atoms with Gasteiger partial charge in [-0.15, -0.1) is 0 Å². The van der Waals surface area contributed by atoms with Crippen molar-refractivity contribution in [1.29, 1.82) is 0 Å². The molecule has 0 saturated heterocycles. The van der Waals surface area contributed by atoms with Crippen LogP contribution < -0.4 is 14.2 Å². The maximum atomic E-state index is 12.6. The van der Waals surface area contributed by atoms with Gasteiger partial charge in [0.25, 0.3) is 5.16 Å². The van der Waals surface area contributed by atoms with Gasteiger partial charge in [-0.2, -0.15) is 0 Å². The molecule has 10 nitrogen and oxygen atoms in total. The smallest absolute Gasteiger partial charge is 0.251 e. The molecule has 0 unspecified atom stereocenters. The highest BCUT2D eigenvalue weighted by Crippen LogP contribution is 2.31. The number of aromatic nitrogens is 2. The zero-order valence-corrected chi connectivity index (χ0v) is 22.5. The van der Waals surface area contributed by atoms with Gasteiger partial charge in [-0.3, -0.25) is 4.90 Å². The van der Waals surface area contributed by atoms with Gasteiger partial charge < -0.3 is 23.7 Å². The van der Waals surface area contributed by atoms with Gasteiger partial charge in [0.15, 0.2) is 11.5 Å². The van der Waals surface area contributed by atoms with Crippen LogP contribution >= 0.6 is 0 Å². The van der Waals surface area contributed by atoms with E-state index in [0.29, 0.717) is 43.2 Å². The van der Waals surface area contributed by atoms with Crippen molar-refractivity contribution in [2.24, 2.45) is 0 Å². The second-order valence-electron chi connectivity index (χ2n) is 8.12. The number of methoxy groups -OCH3 is 4. The summed E-state index contributed by atoms with van der Waals surface area (Å²) in [5.41, 5.74) is 0.959. The maximum Gasteiger partial charge on any atom is 0.251 e.